The number of carbonyl (C=O) groups excluding carboxylic acids is 1. The van der Waals surface area contributed by atoms with Crippen LogP contribution in [-0.4, -0.2) is 69.4 Å². The molecule has 2 aromatic heterocycles. The first-order valence-electron chi connectivity index (χ1n) is 11.0. The molecule has 2 fully saturated rings. The van der Waals surface area contributed by atoms with Crippen molar-refractivity contribution in [3.05, 3.63) is 66.1 Å². The standard InChI is InChI=1S/C22H23N3O3.C2HF3O2/c26-21(20-11-17-3-1-2-4-19(17)24-20)25-14-22(15-25)12-18(7-10-28-22)27-13-16-5-8-23-9-6-16;3-2(4,5)1(6)7/h1-6,8-9,11,18,24H,7,10,12-15H2;(H,6,7). The van der Waals surface area contributed by atoms with E-state index in [1.807, 2.05) is 47.4 Å². The number of pyridine rings is 1. The number of H-pyrrole nitrogens is 1. The van der Waals surface area contributed by atoms with Crippen LogP contribution < -0.4 is 0 Å². The number of aliphatic carboxylic acids is 1. The fraction of sp³-hybridized carbons (Fsp3) is 0.375. The van der Waals surface area contributed by atoms with Crippen LogP contribution >= 0.6 is 0 Å². The van der Waals surface area contributed by atoms with E-state index < -0.39 is 12.1 Å². The minimum Gasteiger partial charge on any atom is -0.475 e. The number of aromatic nitrogens is 2. The van der Waals surface area contributed by atoms with Gasteiger partial charge in [-0.15, -0.1) is 0 Å². The summed E-state index contributed by atoms with van der Waals surface area (Å²) in [6, 6.07) is 13.8. The lowest BCUT2D eigenvalue weighted by Gasteiger charge is -2.52. The van der Waals surface area contributed by atoms with E-state index in [1.54, 1.807) is 12.4 Å². The Morgan fingerprint density at radius 1 is 1.20 bits per heavy atom. The lowest BCUT2D eigenvalue weighted by atomic mass is 9.84. The molecular weight excluding hydrogens is 467 g/mol. The molecule has 35 heavy (non-hydrogen) atoms. The van der Waals surface area contributed by atoms with Crippen LogP contribution in [-0.2, 0) is 20.9 Å². The van der Waals surface area contributed by atoms with Gasteiger partial charge in [-0.1, -0.05) is 18.2 Å². The van der Waals surface area contributed by atoms with E-state index >= 15 is 0 Å². The predicted octanol–water partition coefficient (Wildman–Crippen LogP) is 3.79. The van der Waals surface area contributed by atoms with Gasteiger partial charge in [0.2, 0.25) is 0 Å². The number of ether oxygens (including phenoxy) is 2. The van der Waals surface area contributed by atoms with Gasteiger partial charge in [-0.3, -0.25) is 9.78 Å². The van der Waals surface area contributed by atoms with Crippen molar-refractivity contribution in [2.75, 3.05) is 19.7 Å². The number of carboxylic acids is 1. The molecule has 1 spiro atoms. The normalized spacial score (nSPS) is 19.1. The zero-order valence-corrected chi connectivity index (χ0v) is 18.6. The van der Waals surface area contributed by atoms with Gasteiger partial charge in [0, 0.05) is 36.3 Å². The van der Waals surface area contributed by atoms with Crippen molar-refractivity contribution in [2.24, 2.45) is 0 Å². The lowest BCUT2D eigenvalue weighted by Crippen LogP contribution is -2.67. The van der Waals surface area contributed by atoms with Gasteiger partial charge in [0.25, 0.3) is 5.91 Å². The zero-order valence-electron chi connectivity index (χ0n) is 18.6. The molecule has 4 heterocycles. The number of para-hydroxylation sites is 1. The zero-order chi connectivity index (χ0) is 25.1. The third kappa shape index (κ3) is 5.98. The number of nitrogens with one attached hydrogen (secondary N) is 1. The third-order valence-corrected chi connectivity index (χ3v) is 5.93. The Hall–Kier alpha value is -3.44. The van der Waals surface area contributed by atoms with Crippen LogP contribution in [0.1, 0.15) is 28.9 Å². The van der Waals surface area contributed by atoms with Crippen molar-refractivity contribution in [1.29, 1.82) is 0 Å². The Bertz CT molecular complexity index is 1140. The van der Waals surface area contributed by atoms with Crippen LogP contribution in [0.15, 0.2) is 54.9 Å². The lowest BCUT2D eigenvalue weighted by molar-refractivity contribution is -0.192. The summed E-state index contributed by atoms with van der Waals surface area (Å²) in [4.78, 5) is 30.8. The minimum atomic E-state index is -5.08. The summed E-state index contributed by atoms with van der Waals surface area (Å²) in [5.74, 6) is -2.72. The number of carboxylic acid groups (broad SMARTS) is 1. The maximum atomic E-state index is 12.8. The second-order valence-electron chi connectivity index (χ2n) is 8.55. The van der Waals surface area contributed by atoms with Crippen molar-refractivity contribution in [1.82, 2.24) is 14.9 Å². The van der Waals surface area contributed by atoms with E-state index in [4.69, 9.17) is 19.4 Å². The van der Waals surface area contributed by atoms with Gasteiger partial charge in [-0.2, -0.15) is 13.2 Å². The molecule has 8 nitrogen and oxygen atoms in total. The Balaban J connectivity index is 0.000000364. The molecule has 1 atom stereocenters. The Morgan fingerprint density at radius 3 is 2.54 bits per heavy atom. The second-order valence-corrected chi connectivity index (χ2v) is 8.55. The van der Waals surface area contributed by atoms with Crippen LogP contribution in [0.5, 0.6) is 0 Å². The Labute approximate surface area is 198 Å². The van der Waals surface area contributed by atoms with Crippen LogP contribution in [0.2, 0.25) is 0 Å². The van der Waals surface area contributed by atoms with Crippen molar-refractivity contribution in [3.8, 4) is 0 Å². The quantitative estimate of drug-likeness (QED) is 0.576. The monoisotopic (exact) mass is 491 g/mol. The smallest absolute Gasteiger partial charge is 0.475 e. The largest absolute Gasteiger partial charge is 0.490 e. The van der Waals surface area contributed by atoms with E-state index in [9.17, 15) is 18.0 Å². The molecule has 3 aromatic rings. The molecule has 0 saturated carbocycles. The first-order chi connectivity index (χ1) is 16.7. The van der Waals surface area contributed by atoms with Crippen molar-refractivity contribution >= 4 is 22.8 Å². The number of amides is 1. The number of likely N-dealkylation sites (tertiary alicyclic amines) is 1. The molecule has 11 heteroatoms. The summed E-state index contributed by atoms with van der Waals surface area (Å²) >= 11 is 0. The number of alkyl halides is 3. The molecule has 2 N–H and O–H groups in total. The summed E-state index contributed by atoms with van der Waals surface area (Å²) in [7, 11) is 0. The SMILES string of the molecule is O=C(O)C(F)(F)F.O=C(c1cc2ccccc2[nH]1)N1CC2(CC(OCc3ccncc3)CCO2)C1. The Kier molecular flexibility index (Phi) is 7.08. The third-order valence-electron chi connectivity index (χ3n) is 5.93. The van der Waals surface area contributed by atoms with Crippen LogP contribution in [0.25, 0.3) is 10.9 Å². The summed E-state index contributed by atoms with van der Waals surface area (Å²) in [6.07, 6.45) is 0.358. The average molecular weight is 491 g/mol. The van der Waals surface area contributed by atoms with E-state index in [2.05, 4.69) is 9.97 Å². The number of hydrogen-bond acceptors (Lipinski definition) is 5. The molecule has 2 saturated heterocycles. The highest BCUT2D eigenvalue weighted by Crippen LogP contribution is 2.36. The molecule has 1 aromatic carbocycles. The molecule has 0 bridgehead atoms. The topological polar surface area (TPSA) is 105 Å². The van der Waals surface area contributed by atoms with Gasteiger partial charge >= 0.3 is 12.1 Å². The minimum absolute atomic E-state index is 0.0326. The molecule has 5 rings (SSSR count). The molecule has 0 aliphatic carbocycles. The molecule has 2 aliphatic rings. The van der Waals surface area contributed by atoms with Gasteiger partial charge in [-0.05, 0) is 36.2 Å². The number of carbonyl (C=O) groups is 2. The van der Waals surface area contributed by atoms with Crippen LogP contribution in [0.4, 0.5) is 13.2 Å². The summed E-state index contributed by atoms with van der Waals surface area (Å²) in [6.45, 7) is 2.50. The second kappa shape index (κ2) is 10.0. The predicted molar refractivity (Wildman–Crippen MR) is 119 cm³/mol. The maximum absolute atomic E-state index is 12.8. The van der Waals surface area contributed by atoms with Gasteiger partial charge in [0.05, 0.1) is 25.8 Å². The molecule has 0 radical (unpaired) electrons. The molecular formula is C24H24F3N3O5. The fourth-order valence-electron chi connectivity index (χ4n) is 4.19. The first kappa shape index (κ1) is 24.7. The summed E-state index contributed by atoms with van der Waals surface area (Å²) in [5.41, 5.74) is 2.49. The number of nitrogens with zero attached hydrogens (tertiary/aromatic N) is 2. The first-order valence-corrected chi connectivity index (χ1v) is 11.0. The number of aromatic amines is 1. The van der Waals surface area contributed by atoms with Gasteiger partial charge < -0.3 is 24.5 Å². The fourth-order valence-corrected chi connectivity index (χ4v) is 4.19. The van der Waals surface area contributed by atoms with E-state index in [0.29, 0.717) is 32.0 Å². The highest BCUT2D eigenvalue weighted by molar-refractivity contribution is 5.98. The van der Waals surface area contributed by atoms with Crippen molar-refractivity contribution < 1.29 is 37.3 Å². The van der Waals surface area contributed by atoms with Crippen molar-refractivity contribution in [3.63, 3.8) is 0 Å². The Morgan fingerprint density at radius 2 is 1.89 bits per heavy atom. The van der Waals surface area contributed by atoms with E-state index in [0.717, 1.165) is 29.3 Å². The number of rotatable bonds is 4. The van der Waals surface area contributed by atoms with Crippen molar-refractivity contribution in [2.45, 2.75) is 37.3 Å². The molecule has 186 valence electrons. The van der Waals surface area contributed by atoms with E-state index in [-0.39, 0.29) is 17.6 Å². The average Bonchev–Trinajstić information content (AvgIpc) is 3.26. The van der Waals surface area contributed by atoms with Crippen LogP contribution in [0.3, 0.4) is 0 Å². The number of fused-ring (bicyclic) bond motifs is 1. The maximum Gasteiger partial charge on any atom is 0.490 e. The number of hydrogen-bond donors (Lipinski definition) is 2. The number of halogens is 3. The summed E-state index contributed by atoms with van der Waals surface area (Å²) < 4.78 is 43.9. The highest BCUT2D eigenvalue weighted by atomic mass is 19.4. The highest BCUT2D eigenvalue weighted by Gasteiger charge is 2.50. The molecule has 2 aliphatic heterocycles. The summed E-state index contributed by atoms with van der Waals surface area (Å²) in [5, 5.41) is 8.18. The molecule has 1 unspecified atom stereocenters. The number of benzene rings is 1. The van der Waals surface area contributed by atoms with E-state index in [1.165, 1.54) is 0 Å². The van der Waals surface area contributed by atoms with Gasteiger partial charge in [0.1, 0.15) is 11.3 Å². The van der Waals surface area contributed by atoms with Crippen LogP contribution in [0, 0.1) is 0 Å². The van der Waals surface area contributed by atoms with Gasteiger partial charge in [-0.25, -0.2) is 4.79 Å². The van der Waals surface area contributed by atoms with Gasteiger partial charge in [0.15, 0.2) is 0 Å². The molecule has 1 amide bonds.